The summed E-state index contributed by atoms with van der Waals surface area (Å²) in [6, 6.07) is 25.5. The maximum Gasteiger partial charge on any atom is 0.0933 e. The zero-order valence-corrected chi connectivity index (χ0v) is 23.2. The van der Waals surface area contributed by atoms with Crippen LogP contribution in [0.2, 0.25) is 0 Å². The molecule has 0 amide bonds. The number of benzene rings is 3. The molecule has 0 saturated carbocycles. The van der Waals surface area contributed by atoms with Gasteiger partial charge in [-0.1, -0.05) is 54.6 Å². The highest BCUT2D eigenvalue weighted by molar-refractivity contribution is 5.78. The summed E-state index contributed by atoms with van der Waals surface area (Å²) in [6.07, 6.45) is 4.32. The number of likely N-dealkylation sites (tertiary alicyclic amines) is 3. The summed E-state index contributed by atoms with van der Waals surface area (Å²) in [5.74, 6) is 0. The summed E-state index contributed by atoms with van der Waals surface area (Å²) < 4.78 is 0. The number of fused-ring (bicyclic) bond motifs is 10. The lowest BCUT2D eigenvalue weighted by Crippen LogP contribution is -2.60. The highest BCUT2D eigenvalue weighted by atomic mass is 15.4. The van der Waals surface area contributed by atoms with Crippen LogP contribution in [0.25, 0.3) is 0 Å². The summed E-state index contributed by atoms with van der Waals surface area (Å²) in [7, 11) is 6.93. The molecule has 6 heteroatoms. The number of nitrogens with zero attached hydrogens (tertiary/aromatic N) is 3. The van der Waals surface area contributed by atoms with E-state index in [2.05, 4.69) is 119 Å². The fourth-order valence-corrected chi connectivity index (χ4v) is 10.3. The van der Waals surface area contributed by atoms with Gasteiger partial charge in [0.2, 0.25) is 0 Å². The van der Waals surface area contributed by atoms with E-state index in [1.165, 1.54) is 46.6 Å². The van der Waals surface area contributed by atoms with Crippen molar-refractivity contribution >= 4 is 17.1 Å². The summed E-state index contributed by atoms with van der Waals surface area (Å²) in [6.45, 7) is 3.33. The van der Waals surface area contributed by atoms with E-state index in [1.54, 1.807) is 5.56 Å². The molecule has 6 aliphatic rings. The smallest absolute Gasteiger partial charge is 0.0933 e. The second kappa shape index (κ2) is 7.36. The van der Waals surface area contributed by atoms with Gasteiger partial charge in [0.25, 0.3) is 0 Å². The fourth-order valence-electron chi connectivity index (χ4n) is 10.3. The van der Waals surface area contributed by atoms with Gasteiger partial charge in [-0.2, -0.15) is 0 Å². The van der Waals surface area contributed by atoms with Gasteiger partial charge in [-0.25, -0.2) is 0 Å². The van der Waals surface area contributed by atoms with Gasteiger partial charge in [0, 0.05) is 47.5 Å². The Bertz CT molecular complexity index is 1520. The normalized spacial score (nSPS) is 37.9. The SMILES string of the molecule is CN1CC[C@]2([C@]34CCN(C)[C@H]3Nc3c([C@@]56CCN(C)[C@@H]5Nc5ccccc56)cccc34)c3ccccc3N[C@H]12. The zero-order chi connectivity index (χ0) is 26.1. The molecule has 3 aromatic rings. The third kappa shape index (κ3) is 2.39. The van der Waals surface area contributed by atoms with Crippen LogP contribution in [0.4, 0.5) is 17.1 Å². The van der Waals surface area contributed by atoms with Crippen LogP contribution in [-0.4, -0.2) is 74.0 Å². The van der Waals surface area contributed by atoms with Crippen molar-refractivity contribution in [3.05, 3.63) is 89.0 Å². The maximum absolute atomic E-state index is 4.25. The minimum absolute atomic E-state index is 0.00961. The number of nitrogens with one attached hydrogen (secondary N) is 3. The first-order chi connectivity index (χ1) is 19.0. The zero-order valence-electron chi connectivity index (χ0n) is 23.2. The van der Waals surface area contributed by atoms with Crippen LogP contribution in [0.15, 0.2) is 66.7 Å². The lowest BCUT2D eigenvalue weighted by atomic mass is 9.54. The average molecular weight is 519 g/mol. The molecule has 6 heterocycles. The highest BCUT2D eigenvalue weighted by Crippen LogP contribution is 2.67. The summed E-state index contributed by atoms with van der Waals surface area (Å²) >= 11 is 0. The van der Waals surface area contributed by atoms with Crippen molar-refractivity contribution in [3.63, 3.8) is 0 Å². The number of rotatable bonds is 2. The van der Waals surface area contributed by atoms with E-state index in [4.69, 9.17) is 0 Å². The Labute approximate surface area is 231 Å². The lowest BCUT2D eigenvalue weighted by Gasteiger charge is -2.48. The number of hydrogen-bond acceptors (Lipinski definition) is 6. The van der Waals surface area contributed by atoms with E-state index in [0.717, 1.165) is 26.1 Å². The minimum Gasteiger partial charge on any atom is -0.369 e. The number of hydrogen-bond donors (Lipinski definition) is 3. The molecular weight excluding hydrogens is 480 g/mol. The van der Waals surface area contributed by atoms with Crippen molar-refractivity contribution in [3.8, 4) is 0 Å². The molecule has 0 radical (unpaired) electrons. The Morgan fingerprint density at radius 1 is 0.538 bits per heavy atom. The summed E-state index contributed by atoms with van der Waals surface area (Å²) in [4.78, 5) is 7.70. The van der Waals surface area contributed by atoms with Crippen molar-refractivity contribution in [2.45, 2.75) is 54.0 Å². The third-order valence-corrected chi connectivity index (χ3v) is 11.8. The molecule has 3 aromatic carbocycles. The van der Waals surface area contributed by atoms with Gasteiger partial charge in [-0.15, -0.1) is 0 Å². The average Bonchev–Trinajstić information content (AvgIpc) is 3.76. The highest BCUT2D eigenvalue weighted by Gasteiger charge is 2.71. The molecule has 0 bridgehead atoms. The van der Waals surface area contributed by atoms with Gasteiger partial charge < -0.3 is 16.0 Å². The molecule has 0 unspecified atom stereocenters. The standard InChI is InChI=1S/C33H38N6/c1-37-18-15-31(21-9-4-6-13-25(21)34-28(31)37)23-11-8-12-24-27(23)36-30-33(24,17-20-39(30)3)32-16-19-38(2)29(32)35-26-14-7-5-10-22(26)32/h4-14,28-30,34-36H,15-20H2,1-3H3/t28-,29+,30+,31-,32-,33-/m0/s1. The first-order valence-corrected chi connectivity index (χ1v) is 14.8. The van der Waals surface area contributed by atoms with Crippen molar-refractivity contribution in [1.29, 1.82) is 0 Å². The number of likely N-dealkylation sites (N-methyl/N-ethyl adjacent to an activating group) is 3. The van der Waals surface area contributed by atoms with Crippen LogP contribution in [0.5, 0.6) is 0 Å². The summed E-state index contributed by atoms with van der Waals surface area (Å²) in [5.41, 5.74) is 9.96. The largest absolute Gasteiger partial charge is 0.369 e. The molecule has 3 saturated heterocycles. The molecule has 3 fully saturated rings. The molecule has 3 N–H and O–H groups in total. The Morgan fingerprint density at radius 3 is 1.82 bits per heavy atom. The van der Waals surface area contributed by atoms with Crippen LogP contribution in [-0.2, 0) is 16.2 Å². The van der Waals surface area contributed by atoms with Gasteiger partial charge in [-0.05, 0) is 74.8 Å². The minimum atomic E-state index is -0.0581. The van der Waals surface area contributed by atoms with Gasteiger partial charge in [-0.3, -0.25) is 14.7 Å². The van der Waals surface area contributed by atoms with Crippen molar-refractivity contribution < 1.29 is 0 Å². The number of para-hydroxylation sites is 3. The van der Waals surface area contributed by atoms with Crippen LogP contribution < -0.4 is 16.0 Å². The molecule has 0 aliphatic carbocycles. The molecule has 9 rings (SSSR count). The van der Waals surface area contributed by atoms with Gasteiger partial charge in [0.15, 0.2) is 0 Å². The predicted molar refractivity (Wildman–Crippen MR) is 157 cm³/mol. The van der Waals surface area contributed by atoms with Gasteiger partial charge in [0.1, 0.15) is 0 Å². The van der Waals surface area contributed by atoms with E-state index in [-0.39, 0.29) is 28.6 Å². The second-order valence-electron chi connectivity index (χ2n) is 13.1. The van der Waals surface area contributed by atoms with Crippen LogP contribution in [0.3, 0.4) is 0 Å². The summed E-state index contributed by atoms with van der Waals surface area (Å²) in [5, 5.41) is 12.2. The van der Waals surface area contributed by atoms with Crippen molar-refractivity contribution in [2.24, 2.45) is 0 Å². The Balaban J connectivity index is 1.31. The Kier molecular flexibility index (Phi) is 4.29. The van der Waals surface area contributed by atoms with E-state index < -0.39 is 0 Å². The Hall–Kier alpha value is -3.06. The van der Waals surface area contributed by atoms with Crippen LogP contribution >= 0.6 is 0 Å². The lowest BCUT2D eigenvalue weighted by molar-refractivity contribution is 0.147. The molecule has 0 aromatic heterocycles. The first kappa shape index (κ1) is 22.7. The van der Waals surface area contributed by atoms with Gasteiger partial charge >= 0.3 is 0 Å². The fraction of sp³-hybridized carbons (Fsp3) is 0.455. The molecule has 6 aliphatic heterocycles. The maximum atomic E-state index is 4.25. The van der Waals surface area contributed by atoms with E-state index >= 15 is 0 Å². The van der Waals surface area contributed by atoms with Crippen molar-refractivity contribution in [2.75, 3.05) is 56.7 Å². The first-order valence-electron chi connectivity index (χ1n) is 14.8. The Morgan fingerprint density at radius 2 is 1.05 bits per heavy atom. The quantitative estimate of drug-likeness (QED) is 0.467. The topological polar surface area (TPSA) is 45.8 Å². The van der Waals surface area contributed by atoms with E-state index in [1.807, 2.05) is 0 Å². The predicted octanol–water partition coefficient (Wildman–Crippen LogP) is 4.41. The number of anilines is 3. The van der Waals surface area contributed by atoms with Crippen LogP contribution in [0, 0.1) is 0 Å². The van der Waals surface area contributed by atoms with Crippen molar-refractivity contribution in [1.82, 2.24) is 14.7 Å². The monoisotopic (exact) mass is 518 g/mol. The van der Waals surface area contributed by atoms with Gasteiger partial charge in [0.05, 0.1) is 23.9 Å². The van der Waals surface area contributed by atoms with E-state index in [9.17, 15) is 0 Å². The molecule has 6 nitrogen and oxygen atoms in total. The molecule has 39 heavy (non-hydrogen) atoms. The second-order valence-corrected chi connectivity index (χ2v) is 13.1. The third-order valence-electron chi connectivity index (χ3n) is 11.8. The molecule has 0 spiro atoms. The molecule has 200 valence electrons. The molecule has 6 atom stereocenters. The van der Waals surface area contributed by atoms with Crippen LogP contribution in [0.1, 0.15) is 41.5 Å². The van der Waals surface area contributed by atoms with E-state index in [0.29, 0.717) is 6.17 Å². The molecular formula is C33H38N6.